The Morgan fingerprint density at radius 2 is 2.19 bits per heavy atom. The van der Waals surface area contributed by atoms with E-state index in [1.54, 1.807) is 0 Å². The molecule has 0 radical (unpaired) electrons. The molecular weight excluding hydrogens is 264 g/mol. The lowest BCUT2D eigenvalue weighted by Crippen LogP contribution is -2.05. The van der Waals surface area contributed by atoms with E-state index in [0.29, 0.717) is 12.4 Å². The fraction of sp³-hybridized carbons (Fsp3) is 0.375. The quantitative estimate of drug-likeness (QED) is 0.756. The zero-order valence-electron chi connectivity index (χ0n) is 12.5. The van der Waals surface area contributed by atoms with Gasteiger partial charge in [-0.1, -0.05) is 24.2 Å². The van der Waals surface area contributed by atoms with Crippen LogP contribution in [0.4, 0.5) is 0 Å². The lowest BCUT2D eigenvalue weighted by molar-refractivity contribution is 0.367. The van der Waals surface area contributed by atoms with Crippen molar-refractivity contribution in [3.63, 3.8) is 0 Å². The van der Waals surface area contributed by atoms with Crippen LogP contribution in [0, 0.1) is 0 Å². The fourth-order valence-electron chi connectivity index (χ4n) is 2.51. The summed E-state index contributed by atoms with van der Waals surface area (Å²) in [5.74, 6) is 1.45. The number of hydrogen-bond acceptors (Lipinski definition) is 4. The van der Waals surface area contributed by atoms with Crippen LogP contribution in [0.3, 0.4) is 0 Å². The topological polar surface area (TPSA) is 55.9 Å². The van der Waals surface area contributed by atoms with Gasteiger partial charge in [0, 0.05) is 24.7 Å². The van der Waals surface area contributed by atoms with E-state index in [2.05, 4.69) is 57.4 Å². The molecule has 21 heavy (non-hydrogen) atoms. The summed E-state index contributed by atoms with van der Waals surface area (Å²) in [6.45, 7) is 3.59. The molecule has 1 N–H and O–H groups in total. The van der Waals surface area contributed by atoms with Gasteiger partial charge in [-0.05, 0) is 36.6 Å². The van der Waals surface area contributed by atoms with Crippen LogP contribution in [0.5, 0.6) is 0 Å². The van der Waals surface area contributed by atoms with Gasteiger partial charge in [-0.3, -0.25) is 0 Å². The van der Waals surface area contributed by atoms with Gasteiger partial charge in [0.05, 0.1) is 0 Å². The van der Waals surface area contributed by atoms with Gasteiger partial charge in [0.25, 0.3) is 0 Å². The molecule has 0 saturated carbocycles. The van der Waals surface area contributed by atoms with Gasteiger partial charge in [0.1, 0.15) is 6.54 Å². The molecule has 0 bridgehead atoms. The van der Waals surface area contributed by atoms with Gasteiger partial charge in [0.2, 0.25) is 5.89 Å². The maximum atomic E-state index is 5.32. The molecule has 0 atom stereocenters. The van der Waals surface area contributed by atoms with Gasteiger partial charge in [0.15, 0.2) is 5.82 Å². The van der Waals surface area contributed by atoms with E-state index >= 15 is 0 Å². The average molecular weight is 284 g/mol. The van der Waals surface area contributed by atoms with E-state index in [-0.39, 0.29) is 0 Å². The molecule has 3 aromatic rings. The fourth-order valence-corrected chi connectivity index (χ4v) is 2.51. The minimum atomic E-state index is 0.614. The molecular formula is C16H20N4O. The van der Waals surface area contributed by atoms with Crippen molar-refractivity contribution in [2.24, 2.45) is 0 Å². The van der Waals surface area contributed by atoms with Crippen LogP contribution < -0.4 is 5.32 Å². The van der Waals surface area contributed by atoms with Gasteiger partial charge in [-0.2, -0.15) is 4.98 Å². The van der Waals surface area contributed by atoms with Crippen molar-refractivity contribution < 1.29 is 4.52 Å². The Morgan fingerprint density at radius 1 is 1.29 bits per heavy atom. The number of aryl methyl sites for hydroxylation is 1. The minimum absolute atomic E-state index is 0.614. The van der Waals surface area contributed by atoms with E-state index in [1.165, 1.54) is 16.5 Å². The Bertz CT molecular complexity index is 729. The second-order valence-electron chi connectivity index (χ2n) is 5.22. The van der Waals surface area contributed by atoms with Crippen molar-refractivity contribution in [3.8, 4) is 0 Å². The summed E-state index contributed by atoms with van der Waals surface area (Å²) in [6, 6.07) is 8.61. The molecule has 0 spiro atoms. The summed E-state index contributed by atoms with van der Waals surface area (Å²) in [7, 11) is 1.96. The molecule has 2 aromatic heterocycles. The number of fused-ring (bicyclic) bond motifs is 1. The molecule has 0 aliphatic rings. The molecule has 5 nitrogen and oxygen atoms in total. The monoisotopic (exact) mass is 284 g/mol. The normalized spacial score (nSPS) is 11.3. The zero-order valence-corrected chi connectivity index (χ0v) is 12.5. The number of nitrogens with zero attached hydrogens (tertiary/aromatic N) is 3. The first-order valence-corrected chi connectivity index (χ1v) is 7.34. The Kier molecular flexibility index (Phi) is 4.01. The van der Waals surface area contributed by atoms with Gasteiger partial charge in [-0.25, -0.2) is 0 Å². The molecule has 5 heteroatoms. The zero-order chi connectivity index (χ0) is 14.7. The molecule has 110 valence electrons. The van der Waals surface area contributed by atoms with Crippen LogP contribution in [0.1, 0.15) is 30.6 Å². The van der Waals surface area contributed by atoms with E-state index in [4.69, 9.17) is 4.52 Å². The van der Waals surface area contributed by atoms with Crippen molar-refractivity contribution in [1.29, 1.82) is 0 Å². The second-order valence-corrected chi connectivity index (χ2v) is 5.22. The number of hydrogen-bond donors (Lipinski definition) is 1. The molecule has 0 aliphatic heterocycles. The highest BCUT2D eigenvalue weighted by atomic mass is 16.5. The second kappa shape index (κ2) is 6.10. The smallest absolute Gasteiger partial charge is 0.246 e. The summed E-state index contributed by atoms with van der Waals surface area (Å²) in [6.07, 6.45) is 3.96. The lowest BCUT2D eigenvalue weighted by atomic mass is 10.1. The van der Waals surface area contributed by atoms with Crippen molar-refractivity contribution in [1.82, 2.24) is 20.0 Å². The number of rotatable bonds is 6. The van der Waals surface area contributed by atoms with Crippen molar-refractivity contribution in [2.75, 3.05) is 7.05 Å². The van der Waals surface area contributed by atoms with Crippen molar-refractivity contribution >= 4 is 10.9 Å². The SMILES string of the molecule is CCCc1noc(Cn2ccc3ccc(CNC)cc32)n1. The number of aromatic nitrogens is 3. The third-order valence-corrected chi connectivity index (χ3v) is 3.51. The molecule has 0 amide bonds. The maximum absolute atomic E-state index is 5.32. The van der Waals surface area contributed by atoms with Crippen molar-refractivity contribution in [3.05, 3.63) is 47.7 Å². The summed E-state index contributed by atoms with van der Waals surface area (Å²) < 4.78 is 7.47. The van der Waals surface area contributed by atoms with Crippen LogP contribution in [-0.2, 0) is 19.5 Å². The maximum Gasteiger partial charge on any atom is 0.246 e. The molecule has 0 fully saturated rings. The van der Waals surface area contributed by atoms with Crippen LogP contribution in [0.25, 0.3) is 10.9 Å². The Balaban J connectivity index is 1.86. The lowest BCUT2D eigenvalue weighted by Gasteiger charge is -2.04. The largest absolute Gasteiger partial charge is 0.338 e. The highest BCUT2D eigenvalue weighted by Crippen LogP contribution is 2.19. The third-order valence-electron chi connectivity index (χ3n) is 3.51. The van der Waals surface area contributed by atoms with Gasteiger partial charge < -0.3 is 14.4 Å². The van der Waals surface area contributed by atoms with Crippen LogP contribution in [-0.4, -0.2) is 21.8 Å². The highest BCUT2D eigenvalue weighted by Gasteiger charge is 2.08. The third kappa shape index (κ3) is 2.97. The Morgan fingerprint density at radius 3 is 3.00 bits per heavy atom. The van der Waals surface area contributed by atoms with Crippen LogP contribution in [0.2, 0.25) is 0 Å². The first-order valence-electron chi connectivity index (χ1n) is 7.34. The molecule has 2 heterocycles. The summed E-state index contributed by atoms with van der Waals surface area (Å²) in [4.78, 5) is 4.43. The summed E-state index contributed by atoms with van der Waals surface area (Å²) >= 11 is 0. The van der Waals surface area contributed by atoms with Crippen molar-refractivity contribution in [2.45, 2.75) is 32.9 Å². The molecule has 1 aromatic carbocycles. The highest BCUT2D eigenvalue weighted by molar-refractivity contribution is 5.80. The summed E-state index contributed by atoms with van der Waals surface area (Å²) in [5, 5.41) is 8.41. The Labute approximate surface area is 124 Å². The summed E-state index contributed by atoms with van der Waals surface area (Å²) in [5.41, 5.74) is 2.46. The van der Waals surface area contributed by atoms with E-state index in [9.17, 15) is 0 Å². The van der Waals surface area contributed by atoms with Gasteiger partial charge in [-0.15, -0.1) is 0 Å². The van der Waals surface area contributed by atoms with Crippen LogP contribution >= 0.6 is 0 Å². The minimum Gasteiger partial charge on any atom is -0.338 e. The van der Waals surface area contributed by atoms with E-state index in [0.717, 1.165) is 25.2 Å². The van der Waals surface area contributed by atoms with E-state index < -0.39 is 0 Å². The average Bonchev–Trinajstić information content (AvgIpc) is 3.08. The predicted molar refractivity (Wildman–Crippen MR) is 82.1 cm³/mol. The first kappa shape index (κ1) is 13.8. The first-order chi connectivity index (χ1) is 10.3. The number of nitrogens with one attached hydrogen (secondary N) is 1. The van der Waals surface area contributed by atoms with E-state index in [1.807, 2.05) is 7.05 Å². The Hall–Kier alpha value is -2.14. The predicted octanol–water partition coefficient (Wildman–Crippen LogP) is 2.74. The molecule has 0 aliphatic carbocycles. The van der Waals surface area contributed by atoms with Gasteiger partial charge >= 0.3 is 0 Å². The standard InChI is InChI=1S/C16H20N4O/c1-3-4-15-18-16(21-19-15)11-20-8-7-13-6-5-12(10-17-2)9-14(13)20/h5-9,17H,3-4,10-11H2,1-2H3. The van der Waals surface area contributed by atoms with Crippen LogP contribution in [0.15, 0.2) is 35.0 Å². The molecule has 3 rings (SSSR count). The molecule has 0 saturated heterocycles. The molecule has 0 unspecified atom stereocenters. The number of benzene rings is 1.